The summed E-state index contributed by atoms with van der Waals surface area (Å²) < 4.78 is 36.7. The summed E-state index contributed by atoms with van der Waals surface area (Å²) in [6.07, 6.45) is 0.232. The Hall–Kier alpha value is -0.490. The molecule has 0 spiro atoms. The van der Waals surface area contributed by atoms with E-state index in [1.54, 1.807) is 0 Å². The van der Waals surface area contributed by atoms with Gasteiger partial charge in [0.25, 0.3) is 0 Å². The second kappa shape index (κ2) is 5.23. The molecule has 0 atom stereocenters. The van der Waals surface area contributed by atoms with Crippen LogP contribution in [-0.2, 0) is 11.2 Å². The molecule has 0 unspecified atom stereocenters. The molecule has 0 saturated heterocycles. The number of Topliss-reactive ketones (excluding diaryl/α,β-unsaturated/α-hetero) is 1. The first kappa shape index (κ1) is 13.6. The van der Waals surface area contributed by atoms with Crippen molar-refractivity contribution < 1.29 is 18.0 Å². The zero-order valence-corrected chi connectivity index (χ0v) is 10.7. The zero-order chi connectivity index (χ0) is 12.3. The van der Waals surface area contributed by atoms with E-state index in [4.69, 9.17) is 0 Å². The second-order valence-electron chi connectivity index (χ2n) is 3.19. The summed E-state index contributed by atoms with van der Waals surface area (Å²) >= 11 is 2.88. The quantitative estimate of drug-likeness (QED) is 0.778. The first-order chi connectivity index (χ1) is 7.28. The summed E-state index contributed by atoms with van der Waals surface area (Å²) in [6, 6.07) is 4.43. The molecule has 0 N–H and O–H groups in total. The Labute approximate surface area is 104 Å². The Morgan fingerprint density at radius 2 is 2.06 bits per heavy atom. The van der Waals surface area contributed by atoms with Crippen LogP contribution in [0.2, 0.25) is 0 Å². The molecule has 0 aliphatic carbocycles. The molecule has 0 saturated carbocycles. The molecule has 0 aromatic heterocycles. The summed E-state index contributed by atoms with van der Waals surface area (Å²) in [5, 5.41) is 0. The molecule has 0 aliphatic rings. The Bertz CT molecular complexity index is 404. The highest BCUT2D eigenvalue weighted by molar-refractivity contribution is 9.10. The predicted molar refractivity (Wildman–Crippen MR) is 60.4 cm³/mol. The van der Waals surface area contributed by atoms with Gasteiger partial charge in [-0.05, 0) is 52.3 Å². The van der Waals surface area contributed by atoms with Crippen LogP contribution < -0.4 is 0 Å². The van der Waals surface area contributed by atoms with Crippen molar-refractivity contribution in [2.24, 2.45) is 0 Å². The lowest BCUT2D eigenvalue weighted by Crippen LogP contribution is -2.00. The summed E-state index contributed by atoms with van der Waals surface area (Å²) in [6.45, 7) is 1.44. The van der Waals surface area contributed by atoms with Gasteiger partial charge in [0.2, 0.25) is 0 Å². The van der Waals surface area contributed by atoms with Crippen molar-refractivity contribution in [2.45, 2.75) is 23.7 Å². The minimum absolute atomic E-state index is 0.0249. The van der Waals surface area contributed by atoms with E-state index in [1.165, 1.54) is 25.1 Å². The summed E-state index contributed by atoms with van der Waals surface area (Å²) in [4.78, 5) is 10.9. The van der Waals surface area contributed by atoms with Crippen LogP contribution in [0.25, 0.3) is 0 Å². The van der Waals surface area contributed by atoms with Crippen molar-refractivity contribution in [3.8, 4) is 0 Å². The number of halogens is 4. The molecule has 0 fully saturated rings. The van der Waals surface area contributed by atoms with Crippen LogP contribution in [-0.4, -0.2) is 11.3 Å². The van der Waals surface area contributed by atoms with E-state index < -0.39 is 5.51 Å². The van der Waals surface area contributed by atoms with E-state index in [1.807, 2.05) is 0 Å². The average Bonchev–Trinajstić information content (AvgIpc) is 2.06. The summed E-state index contributed by atoms with van der Waals surface area (Å²) in [5.41, 5.74) is -3.60. The van der Waals surface area contributed by atoms with Gasteiger partial charge < -0.3 is 0 Å². The van der Waals surface area contributed by atoms with Gasteiger partial charge in [0, 0.05) is 15.8 Å². The number of carbonyl (C=O) groups is 1. The first-order valence-electron chi connectivity index (χ1n) is 4.31. The van der Waals surface area contributed by atoms with E-state index in [9.17, 15) is 18.0 Å². The van der Waals surface area contributed by atoms with Gasteiger partial charge in [-0.1, -0.05) is 6.07 Å². The highest BCUT2D eigenvalue weighted by atomic mass is 79.9. The molecule has 1 nitrogen and oxygen atoms in total. The van der Waals surface area contributed by atoms with Crippen LogP contribution in [0.15, 0.2) is 27.6 Å². The first-order valence-corrected chi connectivity index (χ1v) is 5.92. The fourth-order valence-electron chi connectivity index (χ4n) is 1.15. The summed E-state index contributed by atoms with van der Waals surface area (Å²) in [5.74, 6) is -0.0249. The fraction of sp³-hybridized carbons (Fsp3) is 0.300. The van der Waals surface area contributed by atoms with Crippen molar-refractivity contribution in [1.29, 1.82) is 0 Å². The van der Waals surface area contributed by atoms with E-state index in [0.29, 0.717) is 10.0 Å². The predicted octanol–water partition coefficient (Wildman–Crippen LogP) is 4.19. The van der Waals surface area contributed by atoms with Crippen molar-refractivity contribution in [3.05, 3.63) is 28.2 Å². The smallest absolute Gasteiger partial charge is 0.300 e. The van der Waals surface area contributed by atoms with Crippen LogP contribution in [0.1, 0.15) is 12.5 Å². The Balaban J connectivity index is 2.87. The Morgan fingerprint density at radius 1 is 1.44 bits per heavy atom. The van der Waals surface area contributed by atoms with Crippen molar-refractivity contribution in [2.75, 3.05) is 0 Å². The molecule has 0 amide bonds. The third-order valence-corrected chi connectivity index (χ3v) is 3.40. The second-order valence-corrected chi connectivity index (χ2v) is 5.15. The highest BCUT2D eigenvalue weighted by Crippen LogP contribution is 2.40. The molecule has 88 valence electrons. The average molecular weight is 313 g/mol. The lowest BCUT2D eigenvalue weighted by molar-refractivity contribution is -0.116. The number of ketones is 1. The SMILES string of the molecule is CC(=O)Cc1ccc(SC(F)(F)F)c(Br)c1. The van der Waals surface area contributed by atoms with Crippen molar-refractivity contribution in [3.63, 3.8) is 0 Å². The molecule has 1 rings (SSSR count). The van der Waals surface area contributed by atoms with Crippen LogP contribution in [0, 0.1) is 0 Å². The van der Waals surface area contributed by atoms with Gasteiger partial charge >= 0.3 is 5.51 Å². The lowest BCUT2D eigenvalue weighted by atomic mass is 10.1. The van der Waals surface area contributed by atoms with Crippen LogP contribution in [0.5, 0.6) is 0 Å². The molecule has 1 aromatic rings. The third-order valence-electron chi connectivity index (χ3n) is 1.68. The van der Waals surface area contributed by atoms with Crippen molar-refractivity contribution >= 4 is 33.5 Å². The Kier molecular flexibility index (Phi) is 4.43. The van der Waals surface area contributed by atoms with E-state index >= 15 is 0 Å². The topological polar surface area (TPSA) is 17.1 Å². The monoisotopic (exact) mass is 312 g/mol. The standard InChI is InChI=1S/C10H8BrF3OS/c1-6(15)4-7-2-3-9(8(11)5-7)16-10(12,13)14/h2-3,5H,4H2,1H3. The molecule has 16 heavy (non-hydrogen) atoms. The fourth-order valence-corrected chi connectivity index (χ4v) is 2.36. The Morgan fingerprint density at radius 3 is 2.50 bits per heavy atom. The highest BCUT2D eigenvalue weighted by Gasteiger charge is 2.30. The molecule has 6 heteroatoms. The van der Waals surface area contributed by atoms with Gasteiger partial charge in [-0.15, -0.1) is 0 Å². The van der Waals surface area contributed by atoms with Crippen LogP contribution >= 0.6 is 27.7 Å². The van der Waals surface area contributed by atoms with Gasteiger partial charge in [0.1, 0.15) is 5.78 Å². The molecule has 0 heterocycles. The minimum atomic E-state index is -4.30. The molecule has 1 aromatic carbocycles. The number of carbonyl (C=O) groups excluding carboxylic acids is 1. The normalized spacial score (nSPS) is 11.6. The largest absolute Gasteiger partial charge is 0.446 e. The van der Waals surface area contributed by atoms with Gasteiger partial charge in [0.15, 0.2) is 0 Å². The number of thioether (sulfide) groups is 1. The molecular weight excluding hydrogens is 305 g/mol. The van der Waals surface area contributed by atoms with Crippen LogP contribution in [0.3, 0.4) is 0 Å². The van der Waals surface area contributed by atoms with Crippen molar-refractivity contribution in [1.82, 2.24) is 0 Å². The molecule has 0 aliphatic heterocycles. The number of rotatable bonds is 3. The van der Waals surface area contributed by atoms with E-state index in [2.05, 4.69) is 15.9 Å². The minimum Gasteiger partial charge on any atom is -0.300 e. The summed E-state index contributed by atoms with van der Waals surface area (Å²) in [7, 11) is 0. The number of alkyl halides is 3. The number of benzene rings is 1. The number of hydrogen-bond donors (Lipinski definition) is 0. The van der Waals surface area contributed by atoms with Gasteiger partial charge in [0.05, 0.1) is 0 Å². The van der Waals surface area contributed by atoms with Crippen LogP contribution in [0.4, 0.5) is 13.2 Å². The van der Waals surface area contributed by atoms with E-state index in [-0.39, 0.29) is 28.9 Å². The lowest BCUT2D eigenvalue weighted by Gasteiger charge is -2.08. The molecule has 0 radical (unpaired) electrons. The maximum atomic E-state index is 12.1. The maximum Gasteiger partial charge on any atom is 0.446 e. The molecular formula is C10H8BrF3OS. The van der Waals surface area contributed by atoms with Gasteiger partial charge in [-0.2, -0.15) is 13.2 Å². The third kappa shape index (κ3) is 4.57. The number of hydrogen-bond acceptors (Lipinski definition) is 2. The zero-order valence-electron chi connectivity index (χ0n) is 8.27. The maximum absolute atomic E-state index is 12.1. The van der Waals surface area contributed by atoms with Gasteiger partial charge in [-0.25, -0.2) is 0 Å². The molecule has 0 bridgehead atoms. The van der Waals surface area contributed by atoms with Gasteiger partial charge in [-0.3, -0.25) is 4.79 Å². The van der Waals surface area contributed by atoms with E-state index in [0.717, 1.165) is 0 Å².